The number of carboxylic acid groups (broad SMARTS) is 1. The molecule has 1 aromatic carbocycles. The van der Waals surface area contributed by atoms with Gasteiger partial charge in [-0.2, -0.15) is 0 Å². The largest absolute Gasteiger partial charge is 0.481 e. The van der Waals surface area contributed by atoms with Crippen LogP contribution >= 0.6 is 11.3 Å². The number of carbonyl (C=O) groups excluding carboxylic acids is 2. The third-order valence-electron chi connectivity index (χ3n) is 5.93. The van der Waals surface area contributed by atoms with Crippen molar-refractivity contribution in [3.05, 3.63) is 39.8 Å². The number of anilines is 1. The Morgan fingerprint density at radius 1 is 1.07 bits per heavy atom. The smallest absolute Gasteiger partial charge is 0.341 e. The Balaban J connectivity index is 2.01. The summed E-state index contributed by atoms with van der Waals surface area (Å²) in [5, 5.41) is 12.8. The zero-order chi connectivity index (χ0) is 22.0. The van der Waals surface area contributed by atoms with Crippen molar-refractivity contribution >= 4 is 34.2 Å². The van der Waals surface area contributed by atoms with Crippen LogP contribution < -0.4 is 5.32 Å². The summed E-state index contributed by atoms with van der Waals surface area (Å²) in [7, 11) is 1.31. The first-order chi connectivity index (χ1) is 14.2. The highest BCUT2D eigenvalue weighted by Crippen LogP contribution is 2.41. The van der Waals surface area contributed by atoms with Gasteiger partial charge in [-0.05, 0) is 50.3 Å². The number of esters is 1. The highest BCUT2D eigenvalue weighted by molar-refractivity contribution is 7.17. The van der Waals surface area contributed by atoms with E-state index in [1.165, 1.54) is 18.4 Å². The van der Waals surface area contributed by atoms with E-state index in [1.54, 1.807) is 0 Å². The van der Waals surface area contributed by atoms with E-state index in [1.807, 2.05) is 39.0 Å². The fourth-order valence-electron chi connectivity index (χ4n) is 4.12. The molecular weight excluding hydrogens is 402 g/mol. The van der Waals surface area contributed by atoms with Gasteiger partial charge in [0.15, 0.2) is 0 Å². The van der Waals surface area contributed by atoms with Gasteiger partial charge in [-0.25, -0.2) is 4.79 Å². The Labute approximate surface area is 180 Å². The molecule has 3 rings (SSSR count). The Kier molecular flexibility index (Phi) is 6.61. The number of hydrogen-bond donors (Lipinski definition) is 2. The van der Waals surface area contributed by atoms with Crippen LogP contribution in [0, 0.1) is 32.6 Å². The highest BCUT2D eigenvalue weighted by atomic mass is 32.1. The standard InChI is InChI=1S/C23H27NO5S/c1-12-9-10-15(11-13(12)2)18-14(3)30-21(19(18)23(28)29-4)24-20(25)16-7-5-6-8-17(16)22(26)27/h9-11,16-17H,5-8H2,1-4H3,(H,24,25)(H,26,27)/t16-,17+/m1/s1. The normalized spacial score (nSPS) is 18.7. The molecular formula is C23H27NO5S. The Hall–Kier alpha value is -2.67. The molecule has 1 heterocycles. The number of benzene rings is 1. The number of aryl methyl sites for hydroxylation is 3. The molecule has 1 fully saturated rings. The molecule has 2 atom stereocenters. The van der Waals surface area contributed by atoms with Crippen LogP contribution in [0.25, 0.3) is 11.1 Å². The minimum absolute atomic E-state index is 0.319. The fourth-order valence-corrected chi connectivity index (χ4v) is 5.19. The van der Waals surface area contributed by atoms with Crippen molar-refractivity contribution in [2.75, 3.05) is 12.4 Å². The second-order valence-electron chi connectivity index (χ2n) is 7.85. The molecule has 0 spiro atoms. The Morgan fingerprint density at radius 3 is 2.33 bits per heavy atom. The number of aliphatic carboxylic acids is 1. The van der Waals surface area contributed by atoms with Crippen molar-refractivity contribution in [1.82, 2.24) is 0 Å². The van der Waals surface area contributed by atoms with E-state index in [4.69, 9.17) is 4.74 Å². The van der Waals surface area contributed by atoms with E-state index in [9.17, 15) is 19.5 Å². The van der Waals surface area contributed by atoms with Gasteiger partial charge >= 0.3 is 11.9 Å². The zero-order valence-corrected chi connectivity index (χ0v) is 18.5. The van der Waals surface area contributed by atoms with Crippen LogP contribution in [-0.2, 0) is 14.3 Å². The topological polar surface area (TPSA) is 92.7 Å². The summed E-state index contributed by atoms with van der Waals surface area (Å²) in [5.74, 6) is -3.11. The van der Waals surface area contributed by atoms with Crippen LogP contribution in [-0.4, -0.2) is 30.1 Å². The van der Waals surface area contributed by atoms with Crippen LogP contribution in [0.5, 0.6) is 0 Å². The van der Waals surface area contributed by atoms with Crippen molar-refractivity contribution in [2.45, 2.75) is 46.5 Å². The van der Waals surface area contributed by atoms with Crippen molar-refractivity contribution in [1.29, 1.82) is 0 Å². The van der Waals surface area contributed by atoms with Gasteiger partial charge in [0.1, 0.15) is 10.6 Å². The van der Waals surface area contributed by atoms with E-state index in [-0.39, 0.29) is 5.91 Å². The lowest BCUT2D eigenvalue weighted by molar-refractivity contribution is -0.147. The van der Waals surface area contributed by atoms with E-state index in [0.29, 0.717) is 23.4 Å². The van der Waals surface area contributed by atoms with Crippen molar-refractivity contribution in [2.24, 2.45) is 11.8 Å². The average Bonchev–Trinajstić information content (AvgIpc) is 3.04. The maximum absolute atomic E-state index is 13.0. The van der Waals surface area contributed by atoms with Crippen LogP contribution in [0.3, 0.4) is 0 Å². The Bertz CT molecular complexity index is 994. The monoisotopic (exact) mass is 429 g/mol. The average molecular weight is 430 g/mol. The number of hydrogen-bond acceptors (Lipinski definition) is 5. The lowest BCUT2D eigenvalue weighted by atomic mass is 9.78. The maximum Gasteiger partial charge on any atom is 0.341 e. The van der Waals surface area contributed by atoms with E-state index >= 15 is 0 Å². The molecule has 0 bridgehead atoms. The minimum Gasteiger partial charge on any atom is -0.481 e. The molecule has 2 N–H and O–H groups in total. The van der Waals surface area contributed by atoms with Crippen molar-refractivity contribution in [3.63, 3.8) is 0 Å². The molecule has 7 heteroatoms. The van der Waals surface area contributed by atoms with Gasteiger partial charge in [-0.3, -0.25) is 9.59 Å². The molecule has 1 aliphatic rings. The first-order valence-electron chi connectivity index (χ1n) is 10.1. The number of thiophene rings is 1. The van der Waals surface area contributed by atoms with Gasteiger partial charge in [0, 0.05) is 10.4 Å². The number of carbonyl (C=O) groups is 3. The summed E-state index contributed by atoms with van der Waals surface area (Å²) in [5.41, 5.74) is 4.19. The second kappa shape index (κ2) is 9.00. The Morgan fingerprint density at radius 2 is 1.73 bits per heavy atom. The molecule has 0 radical (unpaired) electrons. The summed E-state index contributed by atoms with van der Waals surface area (Å²) < 4.78 is 5.02. The van der Waals surface area contributed by atoms with Crippen molar-refractivity contribution < 1.29 is 24.2 Å². The van der Waals surface area contributed by atoms with E-state index in [0.717, 1.165) is 40.0 Å². The quantitative estimate of drug-likeness (QED) is 0.656. The number of carboxylic acids is 1. The third-order valence-corrected chi connectivity index (χ3v) is 6.95. The third kappa shape index (κ3) is 4.26. The SMILES string of the molecule is COC(=O)c1c(NC(=O)[C@@H]2CCCC[C@@H]2C(=O)O)sc(C)c1-c1ccc(C)c(C)c1. The molecule has 1 aliphatic carbocycles. The van der Waals surface area contributed by atoms with Crippen molar-refractivity contribution in [3.8, 4) is 11.1 Å². The van der Waals surface area contributed by atoms with Crippen LogP contribution in [0.2, 0.25) is 0 Å². The molecule has 1 saturated carbocycles. The summed E-state index contributed by atoms with van der Waals surface area (Å²) in [4.78, 5) is 38.1. The van der Waals surface area contributed by atoms with Crippen LogP contribution in [0.4, 0.5) is 5.00 Å². The number of rotatable bonds is 5. The lowest BCUT2D eigenvalue weighted by Gasteiger charge is -2.27. The van der Waals surface area contributed by atoms with Gasteiger partial charge in [0.25, 0.3) is 0 Å². The summed E-state index contributed by atoms with van der Waals surface area (Å²) in [6.45, 7) is 5.93. The van der Waals surface area contributed by atoms with E-state index in [2.05, 4.69) is 5.32 Å². The molecule has 1 aromatic heterocycles. The number of amides is 1. The maximum atomic E-state index is 13.0. The number of ether oxygens (including phenoxy) is 1. The molecule has 0 saturated heterocycles. The first kappa shape index (κ1) is 22.0. The second-order valence-corrected chi connectivity index (χ2v) is 9.08. The van der Waals surface area contributed by atoms with Crippen LogP contribution in [0.15, 0.2) is 18.2 Å². The summed E-state index contributed by atoms with van der Waals surface area (Å²) in [6, 6.07) is 5.97. The van der Waals surface area contributed by atoms with Gasteiger partial charge in [0.2, 0.25) is 5.91 Å². The predicted molar refractivity (Wildman–Crippen MR) is 117 cm³/mol. The molecule has 30 heavy (non-hydrogen) atoms. The fraction of sp³-hybridized carbons (Fsp3) is 0.435. The number of nitrogens with one attached hydrogen (secondary N) is 1. The molecule has 2 aromatic rings. The molecule has 6 nitrogen and oxygen atoms in total. The molecule has 0 unspecified atom stereocenters. The molecule has 0 aliphatic heterocycles. The van der Waals surface area contributed by atoms with Gasteiger partial charge in [0.05, 0.1) is 18.9 Å². The predicted octanol–water partition coefficient (Wildman–Crippen LogP) is 4.96. The minimum atomic E-state index is -0.943. The summed E-state index contributed by atoms with van der Waals surface area (Å²) in [6.07, 6.45) is 2.66. The van der Waals surface area contributed by atoms with E-state index < -0.39 is 23.8 Å². The summed E-state index contributed by atoms with van der Waals surface area (Å²) >= 11 is 1.31. The highest BCUT2D eigenvalue weighted by Gasteiger charge is 2.36. The number of methoxy groups -OCH3 is 1. The van der Waals surface area contributed by atoms with Crippen LogP contribution in [0.1, 0.15) is 52.0 Å². The molecule has 1 amide bonds. The lowest BCUT2D eigenvalue weighted by Crippen LogP contribution is -2.36. The zero-order valence-electron chi connectivity index (χ0n) is 17.7. The first-order valence-corrected chi connectivity index (χ1v) is 10.9. The van der Waals surface area contributed by atoms with Gasteiger partial charge in [-0.1, -0.05) is 31.0 Å². The molecule has 160 valence electrons. The van der Waals surface area contributed by atoms with Gasteiger partial charge in [-0.15, -0.1) is 11.3 Å². The van der Waals surface area contributed by atoms with Gasteiger partial charge < -0.3 is 15.2 Å².